The van der Waals surface area contributed by atoms with Crippen molar-refractivity contribution in [3.63, 3.8) is 0 Å². The fourth-order valence-corrected chi connectivity index (χ4v) is 3.03. The Bertz CT molecular complexity index is 280. The lowest BCUT2D eigenvalue weighted by Gasteiger charge is -2.33. The molecule has 13 heavy (non-hydrogen) atoms. The molecule has 1 aliphatic rings. The third-order valence-corrected chi connectivity index (χ3v) is 3.81. The first-order valence-corrected chi connectivity index (χ1v) is 5.80. The summed E-state index contributed by atoms with van der Waals surface area (Å²) in [5.74, 6) is 0. The predicted molar refractivity (Wildman–Crippen MR) is 48.2 cm³/mol. The molecule has 0 aromatic rings. The fraction of sp³-hybridized carbons (Fsp3) is 1.00. The van der Waals surface area contributed by atoms with Gasteiger partial charge in [0.25, 0.3) is 10.1 Å². The van der Waals surface area contributed by atoms with Gasteiger partial charge in [-0.05, 0) is 12.8 Å². The molecule has 0 heterocycles. The summed E-state index contributed by atoms with van der Waals surface area (Å²) < 4.78 is 30.3. The zero-order chi connectivity index (χ0) is 10.2. The molecule has 4 unspecified atom stereocenters. The second-order valence-electron chi connectivity index (χ2n) is 3.28. The largest absolute Gasteiger partial charge is 0.390 e. The average molecular weight is 230 g/mol. The van der Waals surface area contributed by atoms with E-state index < -0.39 is 32.9 Å². The van der Waals surface area contributed by atoms with Gasteiger partial charge in [0.15, 0.2) is 0 Å². The third kappa shape index (κ3) is 2.54. The van der Waals surface area contributed by atoms with Gasteiger partial charge in [0.1, 0.15) is 5.25 Å². The maximum absolute atomic E-state index is 10.8. The van der Waals surface area contributed by atoms with Crippen molar-refractivity contribution in [3.05, 3.63) is 0 Å². The number of hydrogen-bond acceptors (Lipinski definition) is 4. The highest BCUT2D eigenvalue weighted by atomic mass is 35.5. The molecule has 0 bridgehead atoms. The Hall–Kier alpha value is 0.120. The molecule has 0 aromatic heterocycles. The van der Waals surface area contributed by atoms with E-state index in [1.807, 2.05) is 0 Å². The number of aliphatic hydroxyl groups is 1. The third-order valence-electron chi connectivity index (χ3n) is 2.22. The standard InChI is InChI=1S/C6H12ClNO4S/c7-3-1-4(8)6(9)5(2-3)13(10,11)12/h3-6,9H,1-2,8H2,(H,10,11,12). The summed E-state index contributed by atoms with van der Waals surface area (Å²) in [5.41, 5.74) is 5.45. The molecule has 0 saturated heterocycles. The smallest absolute Gasteiger partial charge is 0.270 e. The normalized spacial score (nSPS) is 41.8. The number of halogens is 1. The summed E-state index contributed by atoms with van der Waals surface area (Å²) in [6.07, 6.45) is -0.839. The van der Waals surface area contributed by atoms with Gasteiger partial charge in [-0.2, -0.15) is 8.42 Å². The Kier molecular flexibility index (Phi) is 3.19. The van der Waals surface area contributed by atoms with Crippen LogP contribution in [0.25, 0.3) is 0 Å². The molecule has 7 heteroatoms. The summed E-state index contributed by atoms with van der Waals surface area (Å²) in [6, 6.07) is -0.692. The van der Waals surface area contributed by atoms with Crippen LogP contribution in [0.3, 0.4) is 0 Å². The summed E-state index contributed by atoms with van der Waals surface area (Å²) in [6.45, 7) is 0. The molecular formula is C6H12ClNO4S. The van der Waals surface area contributed by atoms with E-state index in [4.69, 9.17) is 21.9 Å². The highest BCUT2D eigenvalue weighted by Crippen LogP contribution is 2.26. The second kappa shape index (κ2) is 3.70. The van der Waals surface area contributed by atoms with Crippen LogP contribution in [-0.4, -0.2) is 40.8 Å². The Morgan fingerprint density at radius 1 is 1.38 bits per heavy atom. The molecule has 0 radical (unpaired) electrons. The molecule has 0 spiro atoms. The zero-order valence-electron chi connectivity index (χ0n) is 6.80. The van der Waals surface area contributed by atoms with E-state index in [2.05, 4.69) is 0 Å². The predicted octanol–water partition coefficient (Wildman–Crippen LogP) is -0.668. The van der Waals surface area contributed by atoms with Crippen LogP contribution in [0.2, 0.25) is 0 Å². The van der Waals surface area contributed by atoms with E-state index in [9.17, 15) is 13.5 Å². The van der Waals surface area contributed by atoms with Crippen LogP contribution in [-0.2, 0) is 10.1 Å². The molecule has 78 valence electrons. The SMILES string of the molecule is NC1CC(Cl)CC(S(=O)(=O)O)C1O. The maximum Gasteiger partial charge on any atom is 0.270 e. The Balaban J connectivity index is 2.84. The van der Waals surface area contributed by atoms with Gasteiger partial charge >= 0.3 is 0 Å². The summed E-state index contributed by atoms with van der Waals surface area (Å²) in [7, 11) is -4.26. The van der Waals surface area contributed by atoms with Gasteiger partial charge in [-0.3, -0.25) is 4.55 Å². The van der Waals surface area contributed by atoms with Crippen molar-refractivity contribution in [2.24, 2.45) is 5.73 Å². The molecule has 0 aromatic carbocycles. The molecule has 4 atom stereocenters. The van der Waals surface area contributed by atoms with E-state index >= 15 is 0 Å². The van der Waals surface area contributed by atoms with Crippen LogP contribution in [0.15, 0.2) is 0 Å². The van der Waals surface area contributed by atoms with Crippen LogP contribution in [0.4, 0.5) is 0 Å². The molecule has 0 aliphatic heterocycles. The van der Waals surface area contributed by atoms with E-state index in [1.165, 1.54) is 0 Å². The van der Waals surface area contributed by atoms with Gasteiger partial charge in [-0.15, -0.1) is 11.6 Å². The first-order valence-electron chi connectivity index (χ1n) is 3.86. The monoisotopic (exact) mass is 229 g/mol. The number of rotatable bonds is 1. The molecule has 1 saturated carbocycles. The summed E-state index contributed by atoms with van der Waals surface area (Å²) in [5, 5.41) is 7.71. The van der Waals surface area contributed by atoms with E-state index in [-0.39, 0.29) is 6.42 Å². The van der Waals surface area contributed by atoms with Crippen molar-refractivity contribution < 1.29 is 18.1 Å². The van der Waals surface area contributed by atoms with Gasteiger partial charge in [0.2, 0.25) is 0 Å². The topological polar surface area (TPSA) is 101 Å². The number of nitrogens with two attached hydrogens (primary N) is 1. The minimum absolute atomic E-state index is 0.0370. The zero-order valence-corrected chi connectivity index (χ0v) is 8.37. The van der Waals surface area contributed by atoms with E-state index in [0.29, 0.717) is 6.42 Å². The van der Waals surface area contributed by atoms with Gasteiger partial charge in [-0.1, -0.05) is 0 Å². The molecule has 4 N–H and O–H groups in total. The average Bonchev–Trinajstić information content (AvgIpc) is 1.94. The molecule has 1 rings (SSSR count). The van der Waals surface area contributed by atoms with Crippen LogP contribution < -0.4 is 5.73 Å². The Morgan fingerprint density at radius 2 is 1.92 bits per heavy atom. The van der Waals surface area contributed by atoms with Gasteiger partial charge in [-0.25, -0.2) is 0 Å². The molecule has 5 nitrogen and oxygen atoms in total. The first-order chi connectivity index (χ1) is 5.82. The van der Waals surface area contributed by atoms with Crippen molar-refractivity contribution in [1.82, 2.24) is 0 Å². The number of aliphatic hydroxyl groups excluding tert-OH is 1. The summed E-state index contributed by atoms with van der Waals surface area (Å²) >= 11 is 5.71. The van der Waals surface area contributed by atoms with Crippen LogP contribution in [0, 0.1) is 0 Å². The van der Waals surface area contributed by atoms with Gasteiger partial charge in [0, 0.05) is 11.4 Å². The minimum Gasteiger partial charge on any atom is -0.390 e. The van der Waals surface area contributed by atoms with Crippen molar-refractivity contribution in [2.75, 3.05) is 0 Å². The van der Waals surface area contributed by atoms with E-state index in [1.54, 1.807) is 0 Å². The highest BCUT2D eigenvalue weighted by Gasteiger charge is 2.41. The van der Waals surface area contributed by atoms with Crippen molar-refractivity contribution in [3.8, 4) is 0 Å². The number of hydrogen-bond donors (Lipinski definition) is 3. The van der Waals surface area contributed by atoms with Crippen molar-refractivity contribution in [2.45, 2.75) is 35.6 Å². The fourth-order valence-electron chi connectivity index (χ4n) is 1.50. The highest BCUT2D eigenvalue weighted by molar-refractivity contribution is 7.86. The van der Waals surface area contributed by atoms with Crippen LogP contribution >= 0.6 is 11.6 Å². The Labute approximate surface area is 81.6 Å². The summed E-state index contributed by atoms with van der Waals surface area (Å²) in [4.78, 5) is 0. The van der Waals surface area contributed by atoms with Crippen LogP contribution in [0.1, 0.15) is 12.8 Å². The maximum atomic E-state index is 10.8. The lowest BCUT2D eigenvalue weighted by atomic mass is 9.92. The number of alkyl halides is 1. The van der Waals surface area contributed by atoms with Crippen molar-refractivity contribution >= 4 is 21.7 Å². The molecule has 0 amide bonds. The minimum atomic E-state index is -4.26. The van der Waals surface area contributed by atoms with Crippen molar-refractivity contribution in [1.29, 1.82) is 0 Å². The van der Waals surface area contributed by atoms with Crippen LogP contribution in [0.5, 0.6) is 0 Å². The van der Waals surface area contributed by atoms with Gasteiger partial charge < -0.3 is 10.8 Å². The first kappa shape index (κ1) is 11.2. The molecule has 1 aliphatic carbocycles. The quantitative estimate of drug-likeness (QED) is 0.409. The van der Waals surface area contributed by atoms with Gasteiger partial charge in [0.05, 0.1) is 6.10 Å². The lowest BCUT2D eigenvalue weighted by molar-refractivity contribution is 0.110. The lowest BCUT2D eigenvalue weighted by Crippen LogP contribution is -2.52. The molecular weight excluding hydrogens is 218 g/mol. The Morgan fingerprint density at radius 3 is 2.38 bits per heavy atom. The van der Waals surface area contributed by atoms with E-state index in [0.717, 1.165) is 0 Å². The second-order valence-corrected chi connectivity index (χ2v) is 5.53. The molecule has 1 fully saturated rings.